The van der Waals surface area contributed by atoms with Crippen LogP contribution in [0.1, 0.15) is 36.9 Å². The predicted octanol–water partition coefficient (Wildman–Crippen LogP) is 1.89. The fourth-order valence-corrected chi connectivity index (χ4v) is 10.8. The molecule has 3 saturated heterocycles. The molecule has 0 unspecified atom stereocenters. The van der Waals surface area contributed by atoms with E-state index in [2.05, 4.69) is 31.4 Å². The second kappa shape index (κ2) is 26.7. The first-order chi connectivity index (χ1) is 35.7. The number of phenolic OH excluding ortho intramolecular Hbond substituents is 1. The number of phenols is 1. The van der Waals surface area contributed by atoms with Gasteiger partial charge in [-0.05, 0) is 68.8 Å². The largest absolute Gasteiger partial charge is 0.508 e. The van der Waals surface area contributed by atoms with E-state index in [4.69, 9.17) is 32.9 Å². The lowest BCUT2D eigenvalue weighted by molar-refractivity contribution is -0.140. The maximum atomic E-state index is 13.3. The molecule has 2 atom stereocenters. The predicted molar refractivity (Wildman–Crippen MR) is 278 cm³/mol. The summed E-state index contributed by atoms with van der Waals surface area (Å²) in [7, 11) is 0. The van der Waals surface area contributed by atoms with Crippen LogP contribution in [0.2, 0.25) is 5.02 Å². The highest BCUT2D eigenvalue weighted by Crippen LogP contribution is 2.39. The fraction of sp³-hybridized carbons (Fsp3) is 0.569. The van der Waals surface area contributed by atoms with Gasteiger partial charge >= 0.3 is 23.9 Å². The zero-order chi connectivity index (χ0) is 52.7. The summed E-state index contributed by atoms with van der Waals surface area (Å²) in [5, 5.41) is 44.6. The Morgan fingerprint density at radius 1 is 0.811 bits per heavy atom. The summed E-state index contributed by atoms with van der Waals surface area (Å²) in [4.78, 5) is 90.2. The van der Waals surface area contributed by atoms with E-state index in [9.17, 15) is 44.4 Å². The third kappa shape index (κ3) is 15.4. The number of piperazine rings is 1. The molecule has 400 valence electrons. The average molecular weight is 1050 g/mol. The molecule has 3 fully saturated rings. The number of benzene rings is 2. The molecule has 7 rings (SSSR count). The highest BCUT2D eigenvalue weighted by molar-refractivity contribution is 6.36. The second-order valence-electron chi connectivity index (χ2n) is 19.4. The quantitative estimate of drug-likeness (QED) is 0.0617. The SMILES string of the molecule is [C-]#[N+]C[C@H]1CN(c2nc(OC[C@@H]3CCCN3CCCCNC(=O)CN3CCN(CC(=O)O)CCN(CC(=O)O)CCN(CC(=O)O)CC3)nc3c2CCN(c2cc(O)cc4cccc(Cl)c24)C3)CCN1C(=O)C=C. The van der Waals surface area contributed by atoms with Gasteiger partial charge in [0.1, 0.15) is 24.2 Å². The molecule has 0 aliphatic carbocycles. The van der Waals surface area contributed by atoms with Gasteiger partial charge in [-0.3, -0.25) is 48.5 Å². The van der Waals surface area contributed by atoms with Crippen LogP contribution in [0.4, 0.5) is 11.5 Å². The lowest BCUT2D eigenvalue weighted by Crippen LogP contribution is -2.56. The molecule has 0 bridgehead atoms. The topological polar surface area (TPSA) is 244 Å². The molecule has 5 N–H and O–H groups in total. The third-order valence-electron chi connectivity index (χ3n) is 14.3. The molecule has 23 heteroatoms. The number of nitrogens with zero attached hydrogens (tertiary/aromatic N) is 11. The lowest BCUT2D eigenvalue weighted by Gasteiger charge is -2.41. The summed E-state index contributed by atoms with van der Waals surface area (Å²) in [6.07, 6.45) is 5.36. The van der Waals surface area contributed by atoms with Crippen molar-refractivity contribution in [2.45, 2.75) is 50.7 Å². The molecule has 22 nitrogen and oxygen atoms in total. The van der Waals surface area contributed by atoms with E-state index in [0.717, 1.165) is 72.3 Å². The Morgan fingerprint density at radius 2 is 1.46 bits per heavy atom. The number of halogens is 1. The van der Waals surface area contributed by atoms with Crippen LogP contribution in [-0.2, 0) is 36.9 Å². The van der Waals surface area contributed by atoms with Gasteiger partial charge in [0.25, 0.3) is 0 Å². The molecular formula is C51H69ClN12O10. The molecule has 0 spiro atoms. The van der Waals surface area contributed by atoms with Crippen LogP contribution in [0.5, 0.6) is 11.8 Å². The number of carbonyl (C=O) groups is 5. The first-order valence-corrected chi connectivity index (χ1v) is 25.8. The molecule has 5 heterocycles. The number of unbranched alkanes of at least 4 members (excludes halogenated alkanes) is 1. The van der Waals surface area contributed by atoms with Crippen molar-refractivity contribution in [3.8, 4) is 11.8 Å². The number of aromatic nitrogens is 2. The molecule has 2 aromatic carbocycles. The Bertz CT molecular complexity index is 2500. The minimum absolute atomic E-state index is 0.0525. The smallest absolute Gasteiger partial charge is 0.318 e. The van der Waals surface area contributed by atoms with E-state index < -0.39 is 17.9 Å². The first kappa shape index (κ1) is 55.4. The number of carbonyl (C=O) groups excluding carboxylic acids is 2. The molecule has 74 heavy (non-hydrogen) atoms. The Hall–Kier alpha value is -6.35. The monoisotopic (exact) mass is 1040 g/mol. The van der Waals surface area contributed by atoms with Gasteiger partial charge in [0.05, 0.1) is 49.1 Å². The molecule has 0 radical (unpaired) electrons. The minimum Gasteiger partial charge on any atom is -0.508 e. The number of nitrogens with one attached hydrogen (secondary N) is 1. The van der Waals surface area contributed by atoms with Crippen LogP contribution in [0.3, 0.4) is 0 Å². The minimum atomic E-state index is -1.02. The Balaban J connectivity index is 0.963. The number of fused-ring (bicyclic) bond motifs is 2. The van der Waals surface area contributed by atoms with Gasteiger partial charge in [0, 0.05) is 108 Å². The van der Waals surface area contributed by atoms with Crippen LogP contribution in [-0.4, -0.2) is 239 Å². The van der Waals surface area contributed by atoms with Gasteiger partial charge in [0.15, 0.2) is 0 Å². The van der Waals surface area contributed by atoms with E-state index >= 15 is 0 Å². The number of aliphatic carboxylic acids is 3. The van der Waals surface area contributed by atoms with Gasteiger partial charge < -0.3 is 50.0 Å². The zero-order valence-electron chi connectivity index (χ0n) is 42.0. The van der Waals surface area contributed by atoms with Crippen molar-refractivity contribution in [1.82, 2.24) is 44.7 Å². The van der Waals surface area contributed by atoms with E-state index in [1.165, 1.54) is 6.08 Å². The van der Waals surface area contributed by atoms with Crippen molar-refractivity contribution in [3.63, 3.8) is 0 Å². The van der Waals surface area contributed by atoms with Crippen molar-refractivity contribution < 1.29 is 49.1 Å². The van der Waals surface area contributed by atoms with Crippen LogP contribution in [0.15, 0.2) is 43.0 Å². The van der Waals surface area contributed by atoms with Gasteiger partial charge in [-0.1, -0.05) is 30.3 Å². The summed E-state index contributed by atoms with van der Waals surface area (Å²) in [5.41, 5.74) is 2.55. The molecular weight excluding hydrogens is 976 g/mol. The fourth-order valence-electron chi connectivity index (χ4n) is 10.5. The molecule has 4 aliphatic heterocycles. The molecule has 3 aromatic rings. The summed E-state index contributed by atoms with van der Waals surface area (Å²) >= 11 is 6.76. The van der Waals surface area contributed by atoms with E-state index in [-0.39, 0.29) is 68.4 Å². The maximum Gasteiger partial charge on any atom is 0.318 e. The normalized spacial score (nSPS) is 20.0. The second-order valence-corrected chi connectivity index (χ2v) is 19.8. The van der Waals surface area contributed by atoms with Crippen LogP contribution in [0, 0.1) is 6.57 Å². The summed E-state index contributed by atoms with van der Waals surface area (Å²) in [6.45, 7) is 18.2. The number of amides is 2. The standard InChI is InChI=1S/C51H69ClN12O10/c1-3-45(67)64-25-24-63(29-38(64)28-53-2)50-40-11-15-62(43-27-39(65)26-36-8-6-10-41(52)49(36)43)30-42(40)55-51(56-50)74-35-37-9-7-14-61(37)13-5-4-12-54-44(66)31-57-16-18-58(32-46(68)69)20-22-60(34-48(72)73)23-21-59(19-17-57)33-47(70)71/h3,6,8,10,26-27,37-38,65H,1,4-5,7,9,11-25,28-35H2,(H,54,66)(H,68,69)(H,70,71)(H,72,73)/t37-,38-/m0/s1. The van der Waals surface area contributed by atoms with E-state index in [0.29, 0.717) is 110 Å². The lowest BCUT2D eigenvalue weighted by atomic mass is 10.0. The number of hydrogen-bond donors (Lipinski definition) is 5. The molecule has 2 amide bonds. The van der Waals surface area contributed by atoms with Crippen molar-refractivity contribution in [3.05, 3.63) is 70.7 Å². The van der Waals surface area contributed by atoms with E-state index in [1.54, 1.807) is 31.7 Å². The van der Waals surface area contributed by atoms with E-state index in [1.807, 2.05) is 23.1 Å². The van der Waals surface area contributed by atoms with Crippen molar-refractivity contribution in [1.29, 1.82) is 0 Å². The molecule has 0 saturated carbocycles. The van der Waals surface area contributed by atoms with Crippen LogP contribution in [0.25, 0.3) is 15.6 Å². The molecule has 1 aromatic heterocycles. The Kier molecular flexibility index (Phi) is 20.0. The van der Waals surface area contributed by atoms with Crippen molar-refractivity contribution in [2.24, 2.45) is 0 Å². The van der Waals surface area contributed by atoms with Gasteiger partial charge in [-0.2, -0.15) is 9.97 Å². The summed E-state index contributed by atoms with van der Waals surface area (Å²) < 4.78 is 6.52. The number of rotatable bonds is 20. The number of anilines is 2. The Morgan fingerprint density at radius 3 is 2.08 bits per heavy atom. The number of carboxylic acid groups (broad SMARTS) is 3. The van der Waals surface area contributed by atoms with Crippen LogP contribution < -0.4 is 19.9 Å². The van der Waals surface area contributed by atoms with Gasteiger partial charge in [0.2, 0.25) is 18.4 Å². The van der Waals surface area contributed by atoms with Gasteiger partial charge in [-0.15, -0.1) is 0 Å². The number of ether oxygens (including phenoxy) is 1. The maximum absolute atomic E-state index is 13.3. The zero-order valence-corrected chi connectivity index (χ0v) is 42.7. The average Bonchev–Trinajstić information content (AvgIpc) is 3.82. The number of carboxylic acids is 3. The summed E-state index contributed by atoms with van der Waals surface area (Å²) in [6, 6.07) is 9.05. The molecule has 4 aliphatic rings. The van der Waals surface area contributed by atoms with Crippen LogP contribution >= 0.6 is 11.6 Å². The van der Waals surface area contributed by atoms with Crippen molar-refractivity contribution >= 4 is 63.6 Å². The Labute approximate surface area is 436 Å². The first-order valence-electron chi connectivity index (χ1n) is 25.4. The highest BCUT2D eigenvalue weighted by atomic mass is 35.5. The number of hydrogen-bond acceptors (Lipinski definition) is 16. The number of likely N-dealkylation sites (tertiary alicyclic amines) is 1. The summed E-state index contributed by atoms with van der Waals surface area (Å²) in [5.74, 6) is -2.58. The van der Waals surface area contributed by atoms with Crippen molar-refractivity contribution in [2.75, 3.05) is 147 Å². The number of aromatic hydroxyl groups is 1. The van der Waals surface area contributed by atoms with Gasteiger partial charge in [-0.25, -0.2) is 6.57 Å². The highest BCUT2D eigenvalue weighted by Gasteiger charge is 2.36. The third-order valence-corrected chi connectivity index (χ3v) is 14.6.